The minimum Gasteiger partial charge on any atom is -0.100 e. The van der Waals surface area contributed by atoms with Crippen LogP contribution in [-0.2, 0) is 0 Å². The van der Waals surface area contributed by atoms with Gasteiger partial charge in [-0.1, -0.05) is 52.2 Å². The maximum atomic E-state index is 3.96. The summed E-state index contributed by atoms with van der Waals surface area (Å²) in [7, 11) is 0. The quantitative estimate of drug-likeness (QED) is 0.315. The highest BCUT2D eigenvalue weighted by atomic mass is 14.0. The Kier molecular flexibility index (Phi) is 13.3. The molecule has 0 amide bonds. The molecule has 0 heteroatoms. The Bertz CT molecular complexity index is 476. The second-order valence-electron chi connectivity index (χ2n) is 7.54. The lowest BCUT2D eigenvalue weighted by molar-refractivity contribution is 0.892. The second kappa shape index (κ2) is 14.1. The molecule has 0 rings (SSSR count). The average Bonchev–Trinajstić information content (AvgIpc) is 2.46. The van der Waals surface area contributed by atoms with Crippen molar-refractivity contribution in [3.63, 3.8) is 0 Å². The standard InChI is InChI=1S/C24H40/c1-20(2)12-8-14-22(5)16-10-18-24(7)19-11-17-23(6)15-9-13-21(3)4/h13-14,17-18H,1,8-12,15-16,19H2,2-7H3/b22-14-,23-17+,24-18+. The van der Waals surface area contributed by atoms with Crippen LogP contribution in [0, 0.1) is 0 Å². The van der Waals surface area contributed by atoms with Gasteiger partial charge in [0.1, 0.15) is 0 Å². The summed E-state index contributed by atoms with van der Waals surface area (Å²) in [6.07, 6.45) is 18.9. The third-order valence-corrected chi connectivity index (χ3v) is 4.22. The normalized spacial score (nSPS) is 13.2. The van der Waals surface area contributed by atoms with Crippen molar-refractivity contribution >= 4 is 0 Å². The molecular weight excluding hydrogens is 288 g/mol. The van der Waals surface area contributed by atoms with Crippen molar-refractivity contribution < 1.29 is 0 Å². The van der Waals surface area contributed by atoms with Crippen molar-refractivity contribution in [1.29, 1.82) is 0 Å². The van der Waals surface area contributed by atoms with E-state index in [0.717, 1.165) is 12.8 Å². The van der Waals surface area contributed by atoms with Gasteiger partial charge >= 0.3 is 0 Å². The van der Waals surface area contributed by atoms with Gasteiger partial charge in [0, 0.05) is 0 Å². The van der Waals surface area contributed by atoms with E-state index < -0.39 is 0 Å². The molecule has 0 aliphatic rings. The summed E-state index contributed by atoms with van der Waals surface area (Å²) in [4.78, 5) is 0. The summed E-state index contributed by atoms with van der Waals surface area (Å²) in [6.45, 7) is 17.2. The van der Waals surface area contributed by atoms with Crippen molar-refractivity contribution in [2.24, 2.45) is 0 Å². The third kappa shape index (κ3) is 15.6. The first-order valence-corrected chi connectivity index (χ1v) is 9.56. The second-order valence-corrected chi connectivity index (χ2v) is 7.54. The highest BCUT2D eigenvalue weighted by molar-refractivity contribution is 5.07. The van der Waals surface area contributed by atoms with Crippen LogP contribution < -0.4 is 0 Å². The minimum absolute atomic E-state index is 1.12. The average molecular weight is 329 g/mol. The summed E-state index contributed by atoms with van der Waals surface area (Å²) in [5.74, 6) is 0. The Morgan fingerprint density at radius 3 is 1.21 bits per heavy atom. The first kappa shape index (κ1) is 22.7. The molecule has 0 heterocycles. The molecule has 136 valence electrons. The Balaban J connectivity index is 3.98. The van der Waals surface area contributed by atoms with Gasteiger partial charge < -0.3 is 0 Å². The maximum absolute atomic E-state index is 3.96. The topological polar surface area (TPSA) is 0 Å². The lowest BCUT2D eigenvalue weighted by Crippen LogP contribution is -1.82. The van der Waals surface area contributed by atoms with Crippen LogP contribution >= 0.6 is 0 Å². The van der Waals surface area contributed by atoms with E-state index in [-0.39, 0.29) is 0 Å². The van der Waals surface area contributed by atoms with Crippen molar-refractivity contribution in [2.75, 3.05) is 0 Å². The van der Waals surface area contributed by atoms with E-state index in [1.165, 1.54) is 66.4 Å². The van der Waals surface area contributed by atoms with Gasteiger partial charge in [0.2, 0.25) is 0 Å². The largest absolute Gasteiger partial charge is 0.100 e. The van der Waals surface area contributed by atoms with Crippen LogP contribution in [0.15, 0.2) is 58.7 Å². The lowest BCUT2D eigenvalue weighted by Gasteiger charge is -2.03. The van der Waals surface area contributed by atoms with Crippen LogP contribution in [0.4, 0.5) is 0 Å². The van der Waals surface area contributed by atoms with Gasteiger partial charge in [0.05, 0.1) is 0 Å². The molecule has 0 unspecified atom stereocenters. The van der Waals surface area contributed by atoms with Crippen molar-refractivity contribution in [3.8, 4) is 0 Å². The summed E-state index contributed by atoms with van der Waals surface area (Å²) < 4.78 is 0. The van der Waals surface area contributed by atoms with Crippen molar-refractivity contribution in [1.82, 2.24) is 0 Å². The monoisotopic (exact) mass is 328 g/mol. The summed E-state index contributed by atoms with van der Waals surface area (Å²) in [5, 5.41) is 0. The summed E-state index contributed by atoms with van der Waals surface area (Å²) >= 11 is 0. The zero-order chi connectivity index (χ0) is 18.4. The zero-order valence-electron chi connectivity index (χ0n) is 17.2. The SMILES string of the molecule is C=C(C)CC/C=C(/C)CC/C=C(\C)CC/C=C(\C)CCC=C(C)C. The number of rotatable bonds is 12. The van der Waals surface area contributed by atoms with E-state index >= 15 is 0 Å². The van der Waals surface area contributed by atoms with Crippen LogP contribution in [0.5, 0.6) is 0 Å². The molecule has 0 N–H and O–H groups in total. The molecule has 0 saturated heterocycles. The van der Waals surface area contributed by atoms with E-state index in [1.807, 2.05) is 0 Å². The smallest absolute Gasteiger partial charge is 0.0288 e. The zero-order valence-corrected chi connectivity index (χ0v) is 17.2. The minimum atomic E-state index is 1.12. The predicted octanol–water partition coefficient (Wildman–Crippen LogP) is 8.49. The van der Waals surface area contributed by atoms with E-state index in [1.54, 1.807) is 0 Å². The fourth-order valence-corrected chi connectivity index (χ4v) is 2.55. The third-order valence-electron chi connectivity index (χ3n) is 4.22. The van der Waals surface area contributed by atoms with Crippen LogP contribution in [0.25, 0.3) is 0 Å². The molecule has 0 radical (unpaired) electrons. The highest BCUT2D eigenvalue weighted by Gasteiger charge is 1.94. The molecule has 0 aromatic carbocycles. The van der Waals surface area contributed by atoms with Gasteiger partial charge in [-0.2, -0.15) is 0 Å². The predicted molar refractivity (Wildman–Crippen MR) is 112 cm³/mol. The molecule has 0 aliphatic carbocycles. The first-order valence-electron chi connectivity index (χ1n) is 9.56. The molecule has 0 aliphatic heterocycles. The van der Waals surface area contributed by atoms with Gasteiger partial charge in [-0.3, -0.25) is 0 Å². The van der Waals surface area contributed by atoms with Gasteiger partial charge in [-0.05, 0) is 92.9 Å². The Morgan fingerprint density at radius 2 is 0.875 bits per heavy atom. The Hall–Kier alpha value is -1.30. The van der Waals surface area contributed by atoms with Crippen LogP contribution in [0.2, 0.25) is 0 Å². The van der Waals surface area contributed by atoms with Gasteiger partial charge in [0.15, 0.2) is 0 Å². The van der Waals surface area contributed by atoms with E-state index in [0.29, 0.717) is 0 Å². The number of hydrogen-bond donors (Lipinski definition) is 0. The fourth-order valence-electron chi connectivity index (χ4n) is 2.55. The molecule has 0 atom stereocenters. The van der Waals surface area contributed by atoms with Crippen LogP contribution in [-0.4, -0.2) is 0 Å². The van der Waals surface area contributed by atoms with E-state index in [9.17, 15) is 0 Å². The molecule has 0 spiro atoms. The van der Waals surface area contributed by atoms with Crippen molar-refractivity contribution in [2.45, 2.75) is 92.9 Å². The lowest BCUT2D eigenvalue weighted by atomic mass is 10.0. The van der Waals surface area contributed by atoms with E-state index in [2.05, 4.69) is 72.4 Å². The summed E-state index contributed by atoms with van der Waals surface area (Å²) in [5.41, 5.74) is 7.26. The van der Waals surface area contributed by atoms with Gasteiger partial charge in [0.25, 0.3) is 0 Å². The Labute approximate surface area is 152 Å². The number of hydrogen-bond acceptors (Lipinski definition) is 0. The first-order chi connectivity index (χ1) is 11.3. The maximum Gasteiger partial charge on any atom is -0.0288 e. The molecule has 0 saturated carbocycles. The van der Waals surface area contributed by atoms with Gasteiger partial charge in [-0.25, -0.2) is 0 Å². The van der Waals surface area contributed by atoms with Crippen LogP contribution in [0.3, 0.4) is 0 Å². The van der Waals surface area contributed by atoms with Crippen LogP contribution in [0.1, 0.15) is 92.9 Å². The molecule has 0 nitrogen and oxygen atoms in total. The molecule has 24 heavy (non-hydrogen) atoms. The van der Waals surface area contributed by atoms with E-state index in [4.69, 9.17) is 0 Å². The fraction of sp³-hybridized carbons (Fsp3) is 0.583. The Morgan fingerprint density at radius 1 is 0.542 bits per heavy atom. The summed E-state index contributed by atoms with van der Waals surface area (Å²) in [6, 6.07) is 0. The molecular formula is C24H40. The molecule has 0 aromatic rings. The molecule has 0 aromatic heterocycles. The molecule has 0 bridgehead atoms. The van der Waals surface area contributed by atoms with Crippen molar-refractivity contribution in [3.05, 3.63) is 58.7 Å². The highest BCUT2D eigenvalue weighted by Crippen LogP contribution is 2.14. The van der Waals surface area contributed by atoms with Gasteiger partial charge in [-0.15, -0.1) is 6.58 Å². The number of allylic oxidation sites excluding steroid dienone is 9. The molecule has 0 fully saturated rings.